The molecule has 2 unspecified atom stereocenters. The summed E-state index contributed by atoms with van der Waals surface area (Å²) in [6.07, 6.45) is -4.89. The molecule has 0 radical (unpaired) electrons. The lowest BCUT2D eigenvalue weighted by molar-refractivity contribution is -0.238. The van der Waals surface area contributed by atoms with E-state index in [9.17, 15) is 19.2 Å². The highest BCUT2D eigenvalue weighted by atomic mass is 16.7. The highest BCUT2D eigenvalue weighted by Crippen LogP contribution is 2.29. The summed E-state index contributed by atoms with van der Waals surface area (Å²) in [6, 6.07) is 5.81. The van der Waals surface area contributed by atoms with Gasteiger partial charge in [-0.05, 0) is 31.2 Å². The van der Waals surface area contributed by atoms with E-state index in [1.807, 2.05) is 0 Å². The van der Waals surface area contributed by atoms with Gasteiger partial charge in [-0.15, -0.1) is 0 Å². The Morgan fingerprint density at radius 1 is 0.862 bits per heavy atom. The number of carboxylic acid groups (broad SMARTS) is 1. The smallest absolute Gasteiger partial charge is 0.335 e. The number of ether oxygens (including phenoxy) is 4. The molecule has 10 heteroatoms. The first-order valence-corrected chi connectivity index (χ1v) is 8.85. The Morgan fingerprint density at radius 2 is 1.34 bits per heavy atom. The van der Waals surface area contributed by atoms with Gasteiger partial charge in [0.1, 0.15) is 0 Å². The summed E-state index contributed by atoms with van der Waals surface area (Å²) in [6.45, 7) is 5.19. The lowest BCUT2D eigenvalue weighted by Gasteiger charge is -2.44. The number of carbonyl (C=O) groups is 4. The van der Waals surface area contributed by atoms with E-state index in [2.05, 4.69) is 5.32 Å². The standard InChI is InChI=1S/C19H23NO9/c1-9-15(27-10(2)21)16(28-11(3)22)17(29-12(4)23)18(26-9)20-14-7-5-13(6-8-14)19(24)25/h5-9,15-18,20H,1-4H3,(H,24,25)/t9?,15-,16?,17-,18+/m0/s1. The molecule has 29 heavy (non-hydrogen) atoms. The van der Waals surface area contributed by atoms with E-state index >= 15 is 0 Å². The van der Waals surface area contributed by atoms with Crippen LogP contribution in [0, 0.1) is 0 Å². The normalized spacial score (nSPS) is 26.1. The molecule has 1 aliphatic rings. The van der Waals surface area contributed by atoms with Crippen molar-refractivity contribution in [1.29, 1.82) is 0 Å². The highest BCUT2D eigenvalue weighted by Gasteiger charge is 2.50. The van der Waals surface area contributed by atoms with E-state index in [1.54, 1.807) is 6.92 Å². The van der Waals surface area contributed by atoms with Crippen molar-refractivity contribution >= 4 is 29.6 Å². The summed E-state index contributed by atoms with van der Waals surface area (Å²) in [5.41, 5.74) is 0.578. The van der Waals surface area contributed by atoms with E-state index in [4.69, 9.17) is 24.1 Å². The summed E-state index contributed by atoms with van der Waals surface area (Å²) < 4.78 is 21.7. The Hall–Kier alpha value is -3.14. The van der Waals surface area contributed by atoms with Crippen LogP contribution in [-0.4, -0.2) is 59.6 Å². The first-order chi connectivity index (χ1) is 13.6. The fourth-order valence-corrected chi connectivity index (χ4v) is 3.00. The molecule has 0 bridgehead atoms. The number of hydrogen-bond donors (Lipinski definition) is 2. The van der Waals surface area contributed by atoms with Gasteiger partial charge in [0, 0.05) is 26.5 Å². The van der Waals surface area contributed by atoms with Crippen molar-refractivity contribution < 1.29 is 43.2 Å². The van der Waals surface area contributed by atoms with Gasteiger partial charge >= 0.3 is 23.9 Å². The van der Waals surface area contributed by atoms with Crippen molar-refractivity contribution in [3.05, 3.63) is 29.8 Å². The van der Waals surface area contributed by atoms with Crippen molar-refractivity contribution in [1.82, 2.24) is 0 Å². The van der Waals surface area contributed by atoms with Crippen LogP contribution in [0.1, 0.15) is 38.1 Å². The highest BCUT2D eigenvalue weighted by molar-refractivity contribution is 5.88. The summed E-state index contributed by atoms with van der Waals surface area (Å²) in [5.74, 6) is -2.99. The quantitative estimate of drug-likeness (QED) is 0.523. The summed E-state index contributed by atoms with van der Waals surface area (Å²) >= 11 is 0. The minimum absolute atomic E-state index is 0.0951. The molecule has 0 spiro atoms. The van der Waals surface area contributed by atoms with Gasteiger partial charge in [-0.1, -0.05) is 0 Å². The Labute approximate surface area is 167 Å². The molecule has 1 aromatic carbocycles. The lowest BCUT2D eigenvalue weighted by Crippen LogP contribution is -2.62. The molecule has 0 aliphatic carbocycles. The number of esters is 3. The van der Waals surface area contributed by atoms with Crippen LogP contribution in [0.25, 0.3) is 0 Å². The van der Waals surface area contributed by atoms with Crippen LogP contribution in [0.3, 0.4) is 0 Å². The summed E-state index contributed by atoms with van der Waals surface area (Å²) in [4.78, 5) is 45.8. The third-order valence-electron chi connectivity index (χ3n) is 4.12. The van der Waals surface area contributed by atoms with Crippen LogP contribution >= 0.6 is 0 Å². The monoisotopic (exact) mass is 409 g/mol. The largest absolute Gasteiger partial charge is 0.478 e. The Kier molecular flexibility index (Phi) is 7.16. The first kappa shape index (κ1) is 22.2. The number of carbonyl (C=O) groups excluding carboxylic acids is 3. The van der Waals surface area contributed by atoms with Gasteiger partial charge in [0.15, 0.2) is 24.5 Å². The summed E-state index contributed by atoms with van der Waals surface area (Å²) in [5, 5.41) is 12.0. The molecule has 0 amide bonds. The first-order valence-electron chi connectivity index (χ1n) is 8.85. The van der Waals surface area contributed by atoms with E-state index < -0.39 is 54.5 Å². The molecule has 1 saturated heterocycles. The summed E-state index contributed by atoms with van der Waals surface area (Å²) in [7, 11) is 0. The second kappa shape index (κ2) is 9.37. The zero-order chi connectivity index (χ0) is 21.7. The molecule has 10 nitrogen and oxygen atoms in total. The van der Waals surface area contributed by atoms with Gasteiger partial charge in [0.25, 0.3) is 0 Å². The zero-order valence-corrected chi connectivity index (χ0v) is 16.4. The number of benzene rings is 1. The number of nitrogens with one attached hydrogen (secondary N) is 1. The minimum atomic E-state index is -1.13. The Balaban J connectivity index is 2.33. The minimum Gasteiger partial charge on any atom is -0.478 e. The van der Waals surface area contributed by atoms with Crippen molar-refractivity contribution in [2.75, 3.05) is 5.32 Å². The van der Waals surface area contributed by atoms with Gasteiger partial charge in [-0.3, -0.25) is 14.4 Å². The number of carboxylic acids is 1. The van der Waals surface area contributed by atoms with Crippen molar-refractivity contribution in [2.45, 2.75) is 58.3 Å². The third kappa shape index (κ3) is 5.92. The topological polar surface area (TPSA) is 137 Å². The predicted molar refractivity (Wildman–Crippen MR) is 98.0 cm³/mol. The molecule has 1 fully saturated rings. The molecular formula is C19H23NO9. The zero-order valence-electron chi connectivity index (χ0n) is 16.4. The van der Waals surface area contributed by atoms with Crippen LogP contribution in [0.4, 0.5) is 5.69 Å². The van der Waals surface area contributed by atoms with Crippen LogP contribution < -0.4 is 5.32 Å². The van der Waals surface area contributed by atoms with Crippen molar-refractivity contribution in [2.24, 2.45) is 0 Å². The van der Waals surface area contributed by atoms with Gasteiger partial charge in [-0.25, -0.2) is 4.79 Å². The third-order valence-corrected chi connectivity index (χ3v) is 4.12. The molecule has 1 aromatic rings. The Bertz CT molecular complexity index is 776. The van der Waals surface area contributed by atoms with E-state index in [0.29, 0.717) is 5.69 Å². The lowest BCUT2D eigenvalue weighted by atomic mass is 9.97. The van der Waals surface area contributed by atoms with Gasteiger partial charge in [0.05, 0.1) is 11.7 Å². The average Bonchev–Trinajstić information content (AvgIpc) is 2.61. The van der Waals surface area contributed by atoms with Crippen LogP contribution in [0.15, 0.2) is 24.3 Å². The van der Waals surface area contributed by atoms with E-state index in [0.717, 1.165) is 0 Å². The van der Waals surface area contributed by atoms with Gasteiger partial charge in [-0.2, -0.15) is 0 Å². The van der Waals surface area contributed by atoms with Crippen LogP contribution in [-0.2, 0) is 33.3 Å². The molecule has 1 heterocycles. The predicted octanol–water partition coefficient (Wildman–Crippen LogP) is 1.34. The fraction of sp³-hybridized carbons (Fsp3) is 0.474. The fourth-order valence-electron chi connectivity index (χ4n) is 3.00. The van der Waals surface area contributed by atoms with Crippen LogP contribution in [0.2, 0.25) is 0 Å². The van der Waals surface area contributed by atoms with Gasteiger partial charge in [0.2, 0.25) is 0 Å². The molecule has 158 valence electrons. The number of rotatable bonds is 6. The molecule has 1 aliphatic heterocycles. The number of anilines is 1. The van der Waals surface area contributed by atoms with E-state index in [1.165, 1.54) is 45.0 Å². The maximum atomic E-state index is 11.7. The van der Waals surface area contributed by atoms with Crippen LogP contribution in [0.5, 0.6) is 0 Å². The van der Waals surface area contributed by atoms with E-state index in [-0.39, 0.29) is 5.56 Å². The Morgan fingerprint density at radius 3 is 1.83 bits per heavy atom. The second-order valence-electron chi connectivity index (χ2n) is 6.51. The molecule has 2 rings (SSSR count). The second-order valence-corrected chi connectivity index (χ2v) is 6.51. The molecule has 5 atom stereocenters. The molecule has 0 aromatic heterocycles. The van der Waals surface area contributed by atoms with Crippen molar-refractivity contribution in [3.63, 3.8) is 0 Å². The maximum Gasteiger partial charge on any atom is 0.335 e. The molecule has 0 saturated carbocycles. The molecule has 2 N–H and O–H groups in total. The maximum absolute atomic E-state index is 11.7. The molecular weight excluding hydrogens is 386 g/mol. The SMILES string of the molecule is CC(=O)OC1[C@@H](OC(C)=O)C(C)O[C@@H](Nc2ccc(C(=O)O)cc2)[C@H]1OC(C)=O. The number of aromatic carboxylic acids is 1. The average molecular weight is 409 g/mol. The van der Waals surface area contributed by atoms with Crippen molar-refractivity contribution in [3.8, 4) is 0 Å². The number of hydrogen-bond acceptors (Lipinski definition) is 9. The van der Waals surface area contributed by atoms with Gasteiger partial charge < -0.3 is 29.4 Å².